The lowest BCUT2D eigenvalue weighted by atomic mass is 9.89. The summed E-state index contributed by atoms with van der Waals surface area (Å²) in [7, 11) is 0. The Morgan fingerprint density at radius 2 is 1.93 bits per heavy atom. The van der Waals surface area contributed by atoms with Crippen molar-refractivity contribution in [3.8, 4) is 11.8 Å². The van der Waals surface area contributed by atoms with Gasteiger partial charge in [0.05, 0.1) is 6.54 Å². The normalized spacial score (nSPS) is 14.8. The molecule has 2 N–H and O–H groups in total. The van der Waals surface area contributed by atoms with E-state index >= 15 is 0 Å². The van der Waals surface area contributed by atoms with Crippen LogP contribution < -0.4 is 5.32 Å². The average molecular weight is 428 g/mol. The summed E-state index contributed by atoms with van der Waals surface area (Å²) in [6, 6.07) is 8.07. The second kappa shape index (κ2) is 9.68. The van der Waals surface area contributed by atoms with E-state index in [-0.39, 0.29) is 16.9 Å². The van der Waals surface area contributed by atoms with Crippen LogP contribution in [0.2, 0.25) is 5.28 Å². The zero-order valence-electron chi connectivity index (χ0n) is 18.0. The number of hydrogen-bond donors (Lipinski definition) is 2. The molecule has 160 valence electrons. The van der Waals surface area contributed by atoms with Gasteiger partial charge in [0.25, 0.3) is 5.91 Å². The Balaban J connectivity index is 1.89. The maximum Gasteiger partial charge on any atom is 0.270 e. The van der Waals surface area contributed by atoms with Gasteiger partial charge in [-0.25, -0.2) is 4.98 Å². The van der Waals surface area contributed by atoms with Crippen molar-refractivity contribution in [3.63, 3.8) is 0 Å². The number of aliphatic hydroxyl groups is 1. The number of imidazole rings is 1. The van der Waals surface area contributed by atoms with Crippen molar-refractivity contribution in [2.24, 2.45) is 5.92 Å². The van der Waals surface area contributed by atoms with E-state index in [0.717, 1.165) is 24.0 Å². The van der Waals surface area contributed by atoms with Gasteiger partial charge in [-0.2, -0.15) is 0 Å². The van der Waals surface area contributed by atoms with Crippen molar-refractivity contribution in [1.82, 2.24) is 14.9 Å². The highest BCUT2D eigenvalue weighted by Gasteiger charge is 2.23. The Kier molecular flexibility index (Phi) is 7.23. The molecule has 1 fully saturated rings. The number of rotatable bonds is 5. The number of aromatic nitrogens is 2. The Hall–Kier alpha value is -2.29. The van der Waals surface area contributed by atoms with Gasteiger partial charge in [0.15, 0.2) is 0 Å². The van der Waals surface area contributed by atoms with Crippen LogP contribution in [0.3, 0.4) is 0 Å². The van der Waals surface area contributed by atoms with E-state index in [0.29, 0.717) is 24.7 Å². The molecule has 0 aliphatic heterocycles. The number of hydrogen-bond acceptors (Lipinski definition) is 3. The molecule has 1 saturated carbocycles. The van der Waals surface area contributed by atoms with E-state index in [1.54, 1.807) is 18.4 Å². The van der Waals surface area contributed by atoms with E-state index in [1.807, 2.05) is 31.2 Å². The molecule has 1 aromatic carbocycles. The first-order valence-electron chi connectivity index (χ1n) is 10.6. The number of carbonyl (C=O) groups excluding carboxylic acids is 1. The maximum absolute atomic E-state index is 13.2. The van der Waals surface area contributed by atoms with Crippen molar-refractivity contribution in [2.75, 3.05) is 6.54 Å². The van der Waals surface area contributed by atoms with Crippen molar-refractivity contribution in [1.29, 1.82) is 0 Å². The second-order valence-electron chi connectivity index (χ2n) is 8.67. The summed E-state index contributed by atoms with van der Waals surface area (Å²) in [5.74, 6) is 5.87. The molecule has 0 radical (unpaired) electrons. The van der Waals surface area contributed by atoms with Gasteiger partial charge in [0.1, 0.15) is 17.0 Å². The average Bonchev–Trinajstić information content (AvgIpc) is 3.02. The number of halogens is 1. The van der Waals surface area contributed by atoms with Crippen LogP contribution in [0.1, 0.15) is 73.3 Å². The molecule has 1 aliphatic carbocycles. The highest BCUT2D eigenvalue weighted by atomic mass is 35.5. The van der Waals surface area contributed by atoms with Gasteiger partial charge in [-0.3, -0.25) is 4.79 Å². The Morgan fingerprint density at radius 3 is 2.57 bits per heavy atom. The van der Waals surface area contributed by atoms with Gasteiger partial charge in [-0.05, 0) is 62.6 Å². The lowest BCUT2D eigenvalue weighted by Gasteiger charge is -2.22. The van der Waals surface area contributed by atoms with Crippen LogP contribution in [0.25, 0.3) is 0 Å². The number of carbonyl (C=O) groups is 1. The summed E-state index contributed by atoms with van der Waals surface area (Å²) in [4.78, 5) is 17.5. The Labute approximate surface area is 183 Å². The third-order valence-electron chi connectivity index (χ3n) is 5.36. The number of aryl methyl sites for hydroxylation is 1. The largest absolute Gasteiger partial charge is 0.378 e. The van der Waals surface area contributed by atoms with Crippen molar-refractivity contribution in [2.45, 2.75) is 65.0 Å². The van der Waals surface area contributed by atoms with Crippen molar-refractivity contribution in [3.05, 3.63) is 52.1 Å². The fourth-order valence-electron chi connectivity index (χ4n) is 3.69. The van der Waals surface area contributed by atoms with Gasteiger partial charge < -0.3 is 15.0 Å². The molecule has 1 amide bonds. The molecule has 2 aromatic rings. The first kappa shape index (κ1) is 22.4. The fraction of sp³-hybridized carbons (Fsp3) is 0.500. The molecule has 0 unspecified atom stereocenters. The molecule has 0 saturated heterocycles. The zero-order chi connectivity index (χ0) is 21.7. The van der Waals surface area contributed by atoms with Gasteiger partial charge in [-0.1, -0.05) is 55.0 Å². The predicted octanol–water partition coefficient (Wildman–Crippen LogP) is 4.33. The van der Waals surface area contributed by atoms with Crippen LogP contribution in [0.5, 0.6) is 0 Å². The summed E-state index contributed by atoms with van der Waals surface area (Å²) >= 11 is 6.42. The summed E-state index contributed by atoms with van der Waals surface area (Å²) in [5, 5.41) is 13.3. The molecule has 0 atom stereocenters. The molecule has 6 heteroatoms. The molecular weight excluding hydrogens is 398 g/mol. The summed E-state index contributed by atoms with van der Waals surface area (Å²) in [5.41, 5.74) is 1.62. The SMILES string of the molecule is Cc1ccc(Cn2c(Cl)nc(C#CC(C)(C)O)c2C(=O)NCC2CCCCC2)cc1. The number of benzene rings is 1. The second-order valence-corrected chi connectivity index (χ2v) is 9.01. The van der Waals surface area contributed by atoms with Gasteiger partial charge in [0.2, 0.25) is 5.28 Å². The van der Waals surface area contributed by atoms with E-state index < -0.39 is 5.60 Å². The van der Waals surface area contributed by atoms with Crippen molar-refractivity contribution < 1.29 is 9.90 Å². The Morgan fingerprint density at radius 1 is 1.27 bits per heavy atom. The van der Waals surface area contributed by atoms with Crippen LogP contribution in [-0.2, 0) is 6.54 Å². The molecule has 1 aliphatic rings. The third kappa shape index (κ3) is 6.10. The molecule has 1 heterocycles. The quantitative estimate of drug-likeness (QED) is 0.698. The van der Waals surface area contributed by atoms with Crippen molar-refractivity contribution >= 4 is 17.5 Å². The minimum Gasteiger partial charge on any atom is -0.378 e. The van der Waals surface area contributed by atoms with Gasteiger partial charge >= 0.3 is 0 Å². The Bertz CT molecular complexity index is 940. The van der Waals surface area contributed by atoms with Gasteiger partial charge in [-0.15, -0.1) is 0 Å². The van der Waals surface area contributed by atoms with E-state index in [2.05, 4.69) is 22.1 Å². The molecule has 30 heavy (non-hydrogen) atoms. The monoisotopic (exact) mass is 427 g/mol. The molecule has 3 rings (SSSR count). The van der Waals surface area contributed by atoms with Crippen LogP contribution in [0.4, 0.5) is 0 Å². The maximum atomic E-state index is 13.2. The highest BCUT2D eigenvalue weighted by molar-refractivity contribution is 6.29. The minimum absolute atomic E-state index is 0.207. The lowest BCUT2D eigenvalue weighted by Crippen LogP contribution is -2.32. The lowest BCUT2D eigenvalue weighted by molar-refractivity contribution is 0.0934. The summed E-state index contributed by atoms with van der Waals surface area (Å²) in [6.45, 7) is 6.27. The van der Waals surface area contributed by atoms with E-state index in [9.17, 15) is 9.90 Å². The summed E-state index contributed by atoms with van der Waals surface area (Å²) in [6.07, 6.45) is 6.02. The zero-order valence-corrected chi connectivity index (χ0v) is 18.7. The third-order valence-corrected chi connectivity index (χ3v) is 5.65. The first-order valence-corrected chi connectivity index (χ1v) is 11.0. The van der Waals surface area contributed by atoms with E-state index in [1.165, 1.54) is 19.3 Å². The number of amides is 1. The molecule has 0 spiro atoms. The van der Waals surface area contributed by atoms with Crippen LogP contribution in [0.15, 0.2) is 24.3 Å². The van der Waals surface area contributed by atoms with E-state index in [4.69, 9.17) is 11.6 Å². The standard InChI is InChI=1S/C24H30ClN3O2/c1-17-9-11-19(12-10-17)16-28-21(20(27-23(28)25)13-14-24(2,3)30)22(29)26-15-18-7-5-4-6-8-18/h9-12,18,30H,4-8,15-16H2,1-3H3,(H,26,29). The molecular formula is C24H30ClN3O2. The highest BCUT2D eigenvalue weighted by Crippen LogP contribution is 2.23. The number of nitrogens with one attached hydrogen (secondary N) is 1. The minimum atomic E-state index is -1.19. The van der Waals surface area contributed by atoms with Crippen LogP contribution in [0, 0.1) is 24.7 Å². The topological polar surface area (TPSA) is 67.1 Å². The molecule has 1 aromatic heterocycles. The summed E-state index contributed by atoms with van der Waals surface area (Å²) < 4.78 is 1.69. The number of nitrogens with zero attached hydrogens (tertiary/aromatic N) is 2. The smallest absolute Gasteiger partial charge is 0.270 e. The van der Waals surface area contributed by atoms with Crippen LogP contribution >= 0.6 is 11.6 Å². The fourth-order valence-corrected chi connectivity index (χ4v) is 3.92. The molecule has 0 bridgehead atoms. The molecule has 5 nitrogen and oxygen atoms in total. The van der Waals surface area contributed by atoms with Crippen LogP contribution in [-0.4, -0.2) is 32.7 Å². The van der Waals surface area contributed by atoms with Gasteiger partial charge in [0, 0.05) is 6.54 Å². The predicted molar refractivity (Wildman–Crippen MR) is 120 cm³/mol. The first-order chi connectivity index (χ1) is 14.2.